The average molecular weight is 405 g/mol. The molecule has 3 N–H and O–H groups in total. The van der Waals surface area contributed by atoms with Crippen molar-refractivity contribution in [2.24, 2.45) is 0 Å². The first-order valence-electron chi connectivity index (χ1n) is 8.74. The second-order valence-corrected chi connectivity index (χ2v) is 6.13. The van der Waals surface area contributed by atoms with Crippen molar-refractivity contribution in [1.82, 2.24) is 10.3 Å². The van der Waals surface area contributed by atoms with Crippen LogP contribution < -0.4 is 10.1 Å². The number of nitriles is 1. The lowest BCUT2D eigenvalue weighted by molar-refractivity contribution is -0.149. The fraction of sp³-hybridized carbons (Fsp3) is 0.0952. The molecule has 0 bridgehead atoms. The molecule has 9 nitrogen and oxygen atoms in total. The number of ketones is 1. The largest absolute Gasteiger partial charge is 0.505 e. The molecular weight excluding hydrogens is 390 g/mol. The van der Waals surface area contributed by atoms with Gasteiger partial charge in [0.1, 0.15) is 23.3 Å². The first-order valence-corrected chi connectivity index (χ1v) is 8.74. The fourth-order valence-corrected chi connectivity index (χ4v) is 2.69. The summed E-state index contributed by atoms with van der Waals surface area (Å²) in [6.45, 7) is -0.255. The second-order valence-electron chi connectivity index (χ2n) is 6.13. The topological polar surface area (TPSA) is 150 Å². The number of pyridine rings is 1. The number of nitrogens with one attached hydrogen (secondary N) is 1. The SMILES string of the molecule is N#Cc1nc(C(=O)NCCC(=O)C(=O)O)c(O)c2ccc(Oc3ccccc3)cc12. The Morgan fingerprint density at radius 3 is 2.47 bits per heavy atom. The minimum absolute atomic E-state index is 0.104. The summed E-state index contributed by atoms with van der Waals surface area (Å²) in [5.41, 5.74) is -0.508. The van der Waals surface area contributed by atoms with Gasteiger partial charge in [-0.2, -0.15) is 5.26 Å². The molecule has 2 aromatic carbocycles. The van der Waals surface area contributed by atoms with Crippen molar-refractivity contribution in [2.75, 3.05) is 6.54 Å². The lowest BCUT2D eigenvalue weighted by atomic mass is 10.1. The predicted molar refractivity (Wildman–Crippen MR) is 104 cm³/mol. The maximum atomic E-state index is 12.3. The van der Waals surface area contributed by atoms with Gasteiger partial charge >= 0.3 is 5.97 Å². The van der Waals surface area contributed by atoms with Gasteiger partial charge in [-0.25, -0.2) is 9.78 Å². The number of Topliss-reactive ketones (excluding diaryl/α,β-unsaturated/α-hetero) is 1. The molecule has 0 unspecified atom stereocenters. The average Bonchev–Trinajstić information content (AvgIpc) is 2.74. The summed E-state index contributed by atoms with van der Waals surface area (Å²) < 4.78 is 5.72. The van der Waals surface area contributed by atoms with Gasteiger partial charge in [-0.1, -0.05) is 18.2 Å². The van der Waals surface area contributed by atoms with Crippen LogP contribution in [0.15, 0.2) is 48.5 Å². The first-order chi connectivity index (χ1) is 14.4. The zero-order valence-electron chi connectivity index (χ0n) is 15.5. The summed E-state index contributed by atoms with van der Waals surface area (Å²) >= 11 is 0. The zero-order valence-corrected chi connectivity index (χ0v) is 15.5. The summed E-state index contributed by atoms with van der Waals surface area (Å²) in [5, 5.41) is 31.3. The number of carbonyl (C=O) groups excluding carboxylic acids is 2. The first kappa shape index (κ1) is 20.3. The lowest BCUT2D eigenvalue weighted by Gasteiger charge is -2.11. The van der Waals surface area contributed by atoms with E-state index in [1.54, 1.807) is 30.3 Å². The van der Waals surface area contributed by atoms with E-state index in [9.17, 15) is 24.8 Å². The third-order valence-corrected chi connectivity index (χ3v) is 4.13. The van der Waals surface area contributed by atoms with Crippen LogP contribution in [0.3, 0.4) is 0 Å². The lowest BCUT2D eigenvalue weighted by Crippen LogP contribution is -2.28. The quantitative estimate of drug-likeness (QED) is 0.507. The van der Waals surface area contributed by atoms with E-state index in [0.717, 1.165) is 0 Å². The van der Waals surface area contributed by atoms with Gasteiger partial charge in [-0.05, 0) is 30.3 Å². The van der Waals surface area contributed by atoms with Crippen LogP contribution in [0, 0.1) is 11.3 Å². The molecular formula is C21H15N3O6. The number of hydrogen-bond acceptors (Lipinski definition) is 7. The molecule has 1 heterocycles. The molecule has 0 aliphatic rings. The van der Waals surface area contributed by atoms with Crippen LogP contribution in [0.4, 0.5) is 0 Å². The molecule has 0 aliphatic carbocycles. The van der Waals surface area contributed by atoms with Crippen molar-refractivity contribution in [2.45, 2.75) is 6.42 Å². The Kier molecular flexibility index (Phi) is 5.89. The van der Waals surface area contributed by atoms with Crippen LogP contribution >= 0.6 is 0 Å². The number of carboxylic acid groups (broad SMARTS) is 1. The van der Waals surface area contributed by atoms with Gasteiger partial charge in [0.15, 0.2) is 11.4 Å². The molecule has 0 spiro atoms. The molecule has 30 heavy (non-hydrogen) atoms. The number of carboxylic acids is 1. The number of para-hydroxylation sites is 1. The number of benzene rings is 2. The number of aliphatic carboxylic acids is 1. The Morgan fingerprint density at radius 1 is 1.07 bits per heavy atom. The van der Waals surface area contributed by atoms with Crippen molar-refractivity contribution < 1.29 is 29.3 Å². The number of hydrogen-bond donors (Lipinski definition) is 3. The molecule has 0 saturated heterocycles. The standard InChI is InChI=1S/C21H15N3O6/c22-11-16-15-10-13(30-12-4-2-1-3-5-12)6-7-14(15)19(26)18(24-16)20(27)23-9-8-17(25)21(28)29/h1-7,10,26H,8-9H2,(H,23,27)(H,28,29). The van der Waals surface area contributed by atoms with Crippen LogP contribution in [0.25, 0.3) is 10.8 Å². The van der Waals surface area contributed by atoms with Crippen LogP contribution in [0.2, 0.25) is 0 Å². The van der Waals surface area contributed by atoms with Gasteiger partial charge in [-0.3, -0.25) is 9.59 Å². The van der Waals surface area contributed by atoms with Crippen LogP contribution in [-0.4, -0.2) is 39.4 Å². The van der Waals surface area contributed by atoms with E-state index in [0.29, 0.717) is 16.9 Å². The predicted octanol–water partition coefficient (Wildman–Crippen LogP) is 2.38. The molecule has 0 atom stereocenters. The van der Waals surface area contributed by atoms with E-state index in [4.69, 9.17) is 9.84 Å². The summed E-state index contributed by atoms with van der Waals surface area (Å²) in [6.07, 6.45) is -0.416. The van der Waals surface area contributed by atoms with E-state index in [1.807, 2.05) is 12.1 Å². The number of nitrogens with zero attached hydrogens (tertiary/aromatic N) is 2. The van der Waals surface area contributed by atoms with E-state index in [1.165, 1.54) is 12.1 Å². The Hall–Kier alpha value is -4.45. The zero-order chi connectivity index (χ0) is 21.7. The van der Waals surface area contributed by atoms with Gasteiger partial charge < -0.3 is 20.3 Å². The van der Waals surface area contributed by atoms with Crippen LogP contribution in [0.1, 0.15) is 22.6 Å². The van der Waals surface area contributed by atoms with Gasteiger partial charge in [0.25, 0.3) is 5.91 Å². The van der Waals surface area contributed by atoms with Crippen LogP contribution in [0.5, 0.6) is 17.2 Å². The minimum Gasteiger partial charge on any atom is -0.505 e. The number of rotatable bonds is 7. The minimum atomic E-state index is -1.60. The van der Waals surface area contributed by atoms with Crippen molar-refractivity contribution in [1.29, 1.82) is 5.26 Å². The normalized spacial score (nSPS) is 10.2. The molecule has 150 valence electrons. The van der Waals surface area contributed by atoms with Gasteiger partial charge in [0.05, 0.1) is 0 Å². The maximum Gasteiger partial charge on any atom is 0.372 e. The van der Waals surface area contributed by atoms with Gasteiger partial charge in [0, 0.05) is 23.7 Å². The second kappa shape index (κ2) is 8.70. The number of amides is 1. The monoisotopic (exact) mass is 405 g/mol. The maximum absolute atomic E-state index is 12.3. The van der Waals surface area contributed by atoms with Crippen LogP contribution in [-0.2, 0) is 9.59 Å². The molecule has 0 radical (unpaired) electrons. The van der Waals surface area contributed by atoms with Gasteiger partial charge in [0.2, 0.25) is 5.78 Å². The van der Waals surface area contributed by atoms with Crippen molar-refractivity contribution in [3.05, 3.63) is 59.9 Å². The number of ether oxygens (including phenoxy) is 1. The molecule has 1 aromatic heterocycles. The van der Waals surface area contributed by atoms with E-state index in [2.05, 4.69) is 10.3 Å². The number of aromatic hydroxyl groups is 1. The molecule has 0 saturated carbocycles. The molecule has 0 aliphatic heterocycles. The van der Waals surface area contributed by atoms with Gasteiger partial charge in [-0.15, -0.1) is 0 Å². The Morgan fingerprint density at radius 2 is 1.80 bits per heavy atom. The van der Waals surface area contributed by atoms with E-state index >= 15 is 0 Å². The van der Waals surface area contributed by atoms with E-state index in [-0.39, 0.29) is 17.6 Å². The Bertz CT molecular complexity index is 1180. The number of aromatic nitrogens is 1. The molecule has 3 aromatic rings. The third kappa shape index (κ3) is 4.34. The summed E-state index contributed by atoms with van der Waals surface area (Å²) in [5.74, 6) is -2.95. The molecule has 9 heteroatoms. The number of carbonyl (C=O) groups is 3. The van der Waals surface area contributed by atoms with Crippen molar-refractivity contribution in [3.63, 3.8) is 0 Å². The highest BCUT2D eigenvalue weighted by Gasteiger charge is 2.20. The molecule has 3 rings (SSSR count). The highest BCUT2D eigenvalue weighted by molar-refractivity contribution is 6.32. The summed E-state index contributed by atoms with van der Waals surface area (Å²) in [4.78, 5) is 37.8. The molecule has 0 fully saturated rings. The van der Waals surface area contributed by atoms with E-state index < -0.39 is 35.5 Å². The summed E-state index contributed by atoms with van der Waals surface area (Å²) in [6, 6.07) is 15.4. The number of fused-ring (bicyclic) bond motifs is 1. The smallest absolute Gasteiger partial charge is 0.372 e. The molecule has 1 amide bonds. The third-order valence-electron chi connectivity index (χ3n) is 4.13. The Labute approximate surface area is 170 Å². The summed E-state index contributed by atoms with van der Waals surface area (Å²) in [7, 11) is 0. The highest BCUT2D eigenvalue weighted by atomic mass is 16.5. The Balaban J connectivity index is 1.89. The van der Waals surface area contributed by atoms with Crippen molar-refractivity contribution >= 4 is 28.4 Å². The fourth-order valence-electron chi connectivity index (χ4n) is 2.69. The highest BCUT2D eigenvalue weighted by Crippen LogP contribution is 2.33. The van der Waals surface area contributed by atoms with Crippen molar-refractivity contribution in [3.8, 4) is 23.3 Å².